The standard InChI is InChI=1S/C16H11BrN2O4/c1-9-3-2-4-10(7-9)19-15(21)12(14(20)18-16(19)22)8-11-5-6-13(17)23-11/h2-8H,1H3,(H,18,20,22)/b12-8-. The van der Waals surface area contributed by atoms with Crippen molar-refractivity contribution in [1.82, 2.24) is 5.32 Å². The van der Waals surface area contributed by atoms with Gasteiger partial charge in [-0.05, 0) is 58.8 Å². The van der Waals surface area contributed by atoms with Crippen LogP contribution >= 0.6 is 15.9 Å². The highest BCUT2D eigenvalue weighted by atomic mass is 79.9. The number of carbonyl (C=O) groups excluding carboxylic acids is 3. The summed E-state index contributed by atoms with van der Waals surface area (Å²) in [6.07, 6.45) is 1.30. The van der Waals surface area contributed by atoms with Crippen molar-refractivity contribution in [2.45, 2.75) is 6.92 Å². The molecule has 116 valence electrons. The van der Waals surface area contributed by atoms with Crippen LogP contribution in [0.5, 0.6) is 0 Å². The lowest BCUT2D eigenvalue weighted by Crippen LogP contribution is -2.54. The SMILES string of the molecule is Cc1cccc(N2C(=O)NC(=O)/C(=C/c3ccc(Br)o3)C2=O)c1. The van der Waals surface area contributed by atoms with Gasteiger partial charge in [0, 0.05) is 0 Å². The van der Waals surface area contributed by atoms with Gasteiger partial charge in [-0.3, -0.25) is 14.9 Å². The Hall–Kier alpha value is -2.67. The number of benzene rings is 1. The van der Waals surface area contributed by atoms with Crippen LogP contribution in [0.3, 0.4) is 0 Å². The van der Waals surface area contributed by atoms with Gasteiger partial charge in [0.2, 0.25) is 0 Å². The molecule has 0 spiro atoms. The smallest absolute Gasteiger partial charge is 0.335 e. The number of anilines is 1. The molecule has 2 aromatic rings. The van der Waals surface area contributed by atoms with Crippen molar-refractivity contribution in [3.63, 3.8) is 0 Å². The van der Waals surface area contributed by atoms with Gasteiger partial charge in [-0.15, -0.1) is 0 Å². The van der Waals surface area contributed by atoms with Crippen LogP contribution in [0.2, 0.25) is 0 Å². The lowest BCUT2D eigenvalue weighted by atomic mass is 10.1. The molecule has 0 radical (unpaired) electrons. The summed E-state index contributed by atoms with van der Waals surface area (Å²) < 4.78 is 5.75. The number of urea groups is 1. The highest BCUT2D eigenvalue weighted by Gasteiger charge is 2.37. The van der Waals surface area contributed by atoms with Crippen molar-refractivity contribution in [3.05, 3.63) is 58.0 Å². The van der Waals surface area contributed by atoms with Crippen molar-refractivity contribution < 1.29 is 18.8 Å². The predicted molar refractivity (Wildman–Crippen MR) is 86.6 cm³/mol. The zero-order valence-corrected chi connectivity index (χ0v) is 13.6. The number of carbonyl (C=O) groups is 3. The van der Waals surface area contributed by atoms with E-state index in [1.165, 1.54) is 6.08 Å². The van der Waals surface area contributed by atoms with Crippen LogP contribution in [0.25, 0.3) is 6.08 Å². The third-order valence-electron chi connectivity index (χ3n) is 3.24. The molecule has 0 bridgehead atoms. The highest BCUT2D eigenvalue weighted by molar-refractivity contribution is 9.10. The fourth-order valence-electron chi connectivity index (χ4n) is 2.21. The Bertz CT molecular complexity index is 853. The Balaban J connectivity index is 2.02. The number of rotatable bonds is 2. The molecule has 1 aromatic heterocycles. The minimum absolute atomic E-state index is 0.173. The van der Waals surface area contributed by atoms with Gasteiger partial charge < -0.3 is 4.42 Å². The van der Waals surface area contributed by atoms with Crippen LogP contribution < -0.4 is 10.2 Å². The first-order valence-electron chi connectivity index (χ1n) is 6.69. The van der Waals surface area contributed by atoms with E-state index in [0.29, 0.717) is 16.1 Å². The van der Waals surface area contributed by atoms with E-state index in [0.717, 1.165) is 10.5 Å². The van der Waals surface area contributed by atoms with Gasteiger partial charge >= 0.3 is 6.03 Å². The number of furan rings is 1. The molecule has 1 aliphatic rings. The van der Waals surface area contributed by atoms with Crippen LogP contribution in [0.4, 0.5) is 10.5 Å². The fraction of sp³-hybridized carbons (Fsp3) is 0.0625. The normalized spacial score (nSPS) is 16.9. The van der Waals surface area contributed by atoms with E-state index in [2.05, 4.69) is 21.2 Å². The Morgan fingerprint density at radius 2 is 1.96 bits per heavy atom. The quantitative estimate of drug-likeness (QED) is 0.647. The van der Waals surface area contributed by atoms with Crippen LogP contribution in [-0.4, -0.2) is 17.8 Å². The minimum Gasteiger partial charge on any atom is -0.450 e. The summed E-state index contributed by atoms with van der Waals surface area (Å²) in [7, 11) is 0. The number of hydrogen-bond acceptors (Lipinski definition) is 4. The van der Waals surface area contributed by atoms with Gasteiger partial charge in [-0.25, -0.2) is 9.69 Å². The topological polar surface area (TPSA) is 79.6 Å². The lowest BCUT2D eigenvalue weighted by molar-refractivity contribution is -0.122. The average molecular weight is 375 g/mol. The molecule has 1 aromatic carbocycles. The summed E-state index contributed by atoms with van der Waals surface area (Å²) in [5.74, 6) is -1.12. The second-order valence-corrected chi connectivity index (χ2v) is 5.72. The highest BCUT2D eigenvalue weighted by Crippen LogP contribution is 2.23. The molecule has 1 fully saturated rings. The van der Waals surface area contributed by atoms with Crippen molar-refractivity contribution >= 4 is 45.5 Å². The molecule has 7 heteroatoms. The Kier molecular flexibility index (Phi) is 3.87. The zero-order chi connectivity index (χ0) is 16.6. The Morgan fingerprint density at radius 1 is 1.17 bits per heavy atom. The summed E-state index contributed by atoms with van der Waals surface area (Å²) in [6.45, 7) is 1.85. The monoisotopic (exact) mass is 374 g/mol. The molecule has 1 saturated heterocycles. The van der Waals surface area contributed by atoms with Crippen molar-refractivity contribution in [1.29, 1.82) is 0 Å². The molecule has 1 aliphatic heterocycles. The fourth-order valence-corrected chi connectivity index (χ4v) is 2.53. The third-order valence-corrected chi connectivity index (χ3v) is 3.67. The number of halogens is 1. The molecule has 1 N–H and O–H groups in total. The maximum Gasteiger partial charge on any atom is 0.335 e. The summed E-state index contributed by atoms with van der Waals surface area (Å²) >= 11 is 3.15. The second kappa shape index (κ2) is 5.85. The molecular formula is C16H11BrN2O4. The lowest BCUT2D eigenvalue weighted by Gasteiger charge is -2.26. The van der Waals surface area contributed by atoms with Crippen LogP contribution in [0.1, 0.15) is 11.3 Å². The largest absolute Gasteiger partial charge is 0.450 e. The number of imide groups is 2. The molecule has 0 saturated carbocycles. The molecule has 23 heavy (non-hydrogen) atoms. The summed E-state index contributed by atoms with van der Waals surface area (Å²) in [4.78, 5) is 37.5. The molecule has 0 unspecified atom stereocenters. The van der Waals surface area contributed by atoms with E-state index in [4.69, 9.17) is 4.42 Å². The molecule has 0 atom stereocenters. The van der Waals surface area contributed by atoms with Crippen LogP contribution in [0, 0.1) is 6.92 Å². The van der Waals surface area contributed by atoms with Crippen molar-refractivity contribution in [2.75, 3.05) is 4.90 Å². The maximum atomic E-state index is 12.6. The van der Waals surface area contributed by atoms with Crippen molar-refractivity contribution in [3.8, 4) is 0 Å². The van der Waals surface area contributed by atoms with Gasteiger partial charge in [0.05, 0.1) is 5.69 Å². The van der Waals surface area contributed by atoms with E-state index in [1.54, 1.807) is 30.3 Å². The summed E-state index contributed by atoms with van der Waals surface area (Å²) in [5.41, 5.74) is 1.11. The first-order chi connectivity index (χ1) is 11.0. The number of aryl methyl sites for hydroxylation is 1. The number of amides is 4. The van der Waals surface area contributed by atoms with Gasteiger partial charge in [0.15, 0.2) is 4.67 Å². The van der Waals surface area contributed by atoms with Gasteiger partial charge in [-0.1, -0.05) is 12.1 Å². The predicted octanol–water partition coefficient (Wildman–Crippen LogP) is 3.02. The van der Waals surface area contributed by atoms with Crippen LogP contribution in [0.15, 0.2) is 51.1 Å². The molecule has 3 rings (SSSR count). The van der Waals surface area contributed by atoms with Gasteiger partial charge in [0.25, 0.3) is 11.8 Å². The number of nitrogens with one attached hydrogen (secondary N) is 1. The van der Waals surface area contributed by atoms with E-state index >= 15 is 0 Å². The summed E-state index contributed by atoms with van der Waals surface area (Å²) in [6, 6.07) is 9.36. The van der Waals surface area contributed by atoms with E-state index < -0.39 is 17.8 Å². The van der Waals surface area contributed by atoms with E-state index in [9.17, 15) is 14.4 Å². The average Bonchev–Trinajstić information content (AvgIpc) is 2.89. The Labute approximate surface area is 139 Å². The van der Waals surface area contributed by atoms with E-state index in [-0.39, 0.29) is 5.57 Å². The third kappa shape index (κ3) is 2.95. The first kappa shape index (κ1) is 15.2. The number of barbiturate groups is 1. The van der Waals surface area contributed by atoms with Crippen molar-refractivity contribution in [2.24, 2.45) is 0 Å². The second-order valence-electron chi connectivity index (χ2n) is 4.94. The Morgan fingerprint density at radius 3 is 2.61 bits per heavy atom. The van der Waals surface area contributed by atoms with Gasteiger partial charge in [-0.2, -0.15) is 0 Å². The number of hydrogen-bond donors (Lipinski definition) is 1. The maximum absolute atomic E-state index is 12.6. The molecule has 4 amide bonds. The molecule has 0 aliphatic carbocycles. The first-order valence-corrected chi connectivity index (χ1v) is 7.48. The zero-order valence-electron chi connectivity index (χ0n) is 12.0. The minimum atomic E-state index is -0.775. The molecule has 2 heterocycles. The molecule has 6 nitrogen and oxygen atoms in total. The number of nitrogens with zero attached hydrogens (tertiary/aromatic N) is 1. The molecular weight excluding hydrogens is 364 g/mol. The van der Waals surface area contributed by atoms with Crippen LogP contribution in [-0.2, 0) is 9.59 Å². The van der Waals surface area contributed by atoms with E-state index in [1.807, 2.05) is 13.0 Å². The van der Waals surface area contributed by atoms with Gasteiger partial charge in [0.1, 0.15) is 11.3 Å². The summed E-state index contributed by atoms with van der Waals surface area (Å²) in [5, 5.41) is 2.16.